The molecule has 0 saturated carbocycles. The summed E-state index contributed by atoms with van der Waals surface area (Å²) < 4.78 is 11.0. The van der Waals surface area contributed by atoms with Crippen LogP contribution in [0, 0.1) is 0 Å². The second-order valence-electron chi connectivity index (χ2n) is 6.77. The number of piperidine rings is 1. The van der Waals surface area contributed by atoms with Gasteiger partial charge in [-0.25, -0.2) is 4.79 Å². The van der Waals surface area contributed by atoms with E-state index in [9.17, 15) is 14.8 Å². The zero-order chi connectivity index (χ0) is 19.2. The molecule has 0 radical (unpaired) electrons. The Bertz CT molecular complexity index is 791. The van der Waals surface area contributed by atoms with Gasteiger partial charge in [0.05, 0.1) is 18.7 Å². The number of carbonyl (C=O) groups is 1. The molecule has 1 aliphatic heterocycles. The molecule has 1 amide bonds. The number of carbonyl (C=O) groups excluding carboxylic acids is 1. The summed E-state index contributed by atoms with van der Waals surface area (Å²) >= 11 is 0. The summed E-state index contributed by atoms with van der Waals surface area (Å²) in [7, 11) is -1.71. The second kappa shape index (κ2) is 8.97. The first-order chi connectivity index (χ1) is 13.1. The van der Waals surface area contributed by atoms with Crippen molar-refractivity contribution < 1.29 is 24.0 Å². The van der Waals surface area contributed by atoms with Gasteiger partial charge in [-0.15, -0.1) is 0 Å². The Morgan fingerprint density at radius 2 is 2.30 bits per heavy atom. The Kier molecular flexibility index (Phi) is 6.42. The highest BCUT2D eigenvalue weighted by Crippen LogP contribution is 2.22. The largest absolute Gasteiger partial charge is 0.475 e. The van der Waals surface area contributed by atoms with E-state index in [2.05, 4.69) is 10.2 Å². The summed E-state index contributed by atoms with van der Waals surface area (Å²) in [4.78, 5) is 14.4. The fourth-order valence-electron chi connectivity index (χ4n) is 3.40. The van der Waals surface area contributed by atoms with Gasteiger partial charge in [-0.2, -0.15) is 0 Å². The van der Waals surface area contributed by atoms with Gasteiger partial charge in [-0.05, 0) is 44.0 Å². The van der Waals surface area contributed by atoms with E-state index in [1.807, 2.05) is 43.5 Å². The van der Waals surface area contributed by atoms with E-state index in [0.717, 1.165) is 30.3 Å². The molecule has 0 bridgehead atoms. The van der Waals surface area contributed by atoms with Crippen LogP contribution < -0.4 is 5.32 Å². The molecule has 2 heterocycles. The molecule has 1 fully saturated rings. The van der Waals surface area contributed by atoms with Crippen LogP contribution in [0.15, 0.2) is 47.2 Å². The van der Waals surface area contributed by atoms with E-state index >= 15 is 0 Å². The third kappa shape index (κ3) is 5.05. The maximum Gasteiger partial charge on any atom is 0.475 e. The van der Waals surface area contributed by atoms with Crippen molar-refractivity contribution in [1.29, 1.82) is 0 Å². The number of nitrogens with one attached hydrogen (secondary N) is 1. The Morgan fingerprint density at radius 3 is 3.07 bits per heavy atom. The van der Waals surface area contributed by atoms with Crippen LogP contribution >= 0.6 is 0 Å². The number of alkyl carbamates (subject to hydrolysis) is 1. The number of benzene rings is 1. The lowest BCUT2D eigenvalue weighted by molar-refractivity contribution is 0.0552. The molecule has 144 valence electrons. The molecule has 8 heteroatoms. The maximum absolute atomic E-state index is 12.3. The van der Waals surface area contributed by atoms with Crippen LogP contribution in [0.1, 0.15) is 25.3 Å². The molecular formula is C19H25BN2O5. The number of allylic oxidation sites excluding steroid dienone is 1. The Balaban J connectivity index is 1.60. The van der Waals surface area contributed by atoms with Crippen LogP contribution in [0.2, 0.25) is 0 Å². The number of furan rings is 1. The number of para-hydroxylation sites is 1. The van der Waals surface area contributed by atoms with Crippen LogP contribution in [0.5, 0.6) is 0 Å². The number of fused-ring (bicyclic) bond motifs is 1. The fourth-order valence-corrected chi connectivity index (χ4v) is 3.40. The number of rotatable bonds is 6. The molecule has 1 aromatic heterocycles. The molecule has 2 aromatic rings. The molecular weight excluding hydrogens is 347 g/mol. The molecule has 1 aromatic carbocycles. The normalized spacial score (nSPS) is 18.6. The molecule has 3 rings (SSSR count). The van der Waals surface area contributed by atoms with E-state index in [0.29, 0.717) is 12.1 Å². The minimum atomic E-state index is -1.71. The lowest BCUT2D eigenvalue weighted by atomic mass is 9.76. The standard InChI is InChI=1S/C19H25BN2O5/c1-2-9-22-10-5-6-15(12-22)27-19(23)21-18(20(24)25)11-14-13-26-17-8-4-3-7-16(14)17/h2-4,7-9,13,15,18,24-25H,5-6,10-12H2,1H3,(H,21,23)/t15-,18?/m0/s1. The first-order valence-corrected chi connectivity index (χ1v) is 9.22. The first kappa shape index (κ1) is 19.3. The number of likely N-dealkylation sites (tertiary alicyclic amines) is 1. The average Bonchev–Trinajstić information content (AvgIpc) is 3.05. The van der Waals surface area contributed by atoms with Gasteiger partial charge >= 0.3 is 13.2 Å². The monoisotopic (exact) mass is 372 g/mol. The van der Waals surface area contributed by atoms with E-state index in [1.54, 1.807) is 6.26 Å². The van der Waals surface area contributed by atoms with Gasteiger partial charge in [0.15, 0.2) is 0 Å². The van der Waals surface area contributed by atoms with E-state index in [1.165, 1.54) is 0 Å². The SMILES string of the molecule is CC=CN1CCC[C@H](OC(=O)NC(Cc2coc3ccccc23)B(O)O)C1. The molecule has 3 N–H and O–H groups in total. The lowest BCUT2D eigenvalue weighted by Gasteiger charge is -2.31. The van der Waals surface area contributed by atoms with Gasteiger partial charge in [-0.3, -0.25) is 0 Å². The zero-order valence-electron chi connectivity index (χ0n) is 15.4. The smallest absolute Gasteiger partial charge is 0.464 e. The molecule has 1 unspecified atom stereocenters. The van der Waals surface area contributed by atoms with Crippen LogP contribution in [-0.2, 0) is 11.2 Å². The van der Waals surface area contributed by atoms with Gasteiger partial charge in [0, 0.05) is 11.9 Å². The Morgan fingerprint density at radius 1 is 1.48 bits per heavy atom. The quantitative estimate of drug-likeness (QED) is 0.672. The third-order valence-electron chi connectivity index (χ3n) is 4.71. The molecule has 0 spiro atoms. The van der Waals surface area contributed by atoms with Crippen molar-refractivity contribution in [1.82, 2.24) is 10.2 Å². The van der Waals surface area contributed by atoms with Gasteiger partial charge in [0.1, 0.15) is 11.7 Å². The molecule has 27 heavy (non-hydrogen) atoms. The predicted molar refractivity (Wildman–Crippen MR) is 103 cm³/mol. The van der Waals surface area contributed by atoms with Crippen LogP contribution in [0.3, 0.4) is 0 Å². The minimum absolute atomic E-state index is 0.221. The van der Waals surface area contributed by atoms with Crippen molar-refractivity contribution in [2.24, 2.45) is 0 Å². The third-order valence-corrected chi connectivity index (χ3v) is 4.71. The number of amides is 1. The number of hydrogen-bond acceptors (Lipinski definition) is 6. The average molecular weight is 372 g/mol. The molecule has 1 saturated heterocycles. The molecule has 1 aliphatic rings. The highest BCUT2D eigenvalue weighted by Gasteiger charge is 2.29. The summed E-state index contributed by atoms with van der Waals surface area (Å²) in [5.41, 5.74) is 1.51. The van der Waals surface area contributed by atoms with Gasteiger partial charge in [-0.1, -0.05) is 24.3 Å². The van der Waals surface area contributed by atoms with Crippen molar-refractivity contribution in [2.45, 2.75) is 38.2 Å². The summed E-state index contributed by atoms with van der Waals surface area (Å²) in [5.74, 6) is -0.895. The Labute approximate surface area is 158 Å². The van der Waals surface area contributed by atoms with Crippen molar-refractivity contribution in [3.8, 4) is 0 Å². The van der Waals surface area contributed by atoms with Gasteiger partial charge in [0.25, 0.3) is 0 Å². The number of hydrogen-bond donors (Lipinski definition) is 3. The number of nitrogens with zero attached hydrogens (tertiary/aromatic N) is 1. The summed E-state index contributed by atoms with van der Waals surface area (Å²) in [6.07, 6.45) is 6.60. The summed E-state index contributed by atoms with van der Waals surface area (Å²) in [5, 5.41) is 22.8. The van der Waals surface area contributed by atoms with Gasteiger partial charge in [0.2, 0.25) is 0 Å². The van der Waals surface area contributed by atoms with Crippen molar-refractivity contribution >= 4 is 24.2 Å². The van der Waals surface area contributed by atoms with Crippen LogP contribution in [-0.4, -0.2) is 53.3 Å². The maximum atomic E-state index is 12.3. The van der Waals surface area contributed by atoms with Crippen molar-refractivity contribution in [2.75, 3.05) is 13.1 Å². The zero-order valence-corrected chi connectivity index (χ0v) is 15.4. The molecule has 7 nitrogen and oxygen atoms in total. The summed E-state index contributed by atoms with van der Waals surface area (Å²) in [6.45, 7) is 3.53. The summed E-state index contributed by atoms with van der Waals surface area (Å²) in [6, 6.07) is 7.48. The Hall–Kier alpha value is -2.45. The van der Waals surface area contributed by atoms with Crippen molar-refractivity contribution in [3.05, 3.63) is 48.4 Å². The topological polar surface area (TPSA) is 95.2 Å². The van der Waals surface area contributed by atoms with E-state index in [-0.39, 0.29) is 12.5 Å². The highest BCUT2D eigenvalue weighted by molar-refractivity contribution is 6.43. The fraction of sp³-hybridized carbons (Fsp3) is 0.421. The number of ether oxygens (including phenoxy) is 1. The predicted octanol–water partition coefficient (Wildman–Crippen LogP) is 2.08. The van der Waals surface area contributed by atoms with Crippen LogP contribution in [0.25, 0.3) is 11.0 Å². The van der Waals surface area contributed by atoms with E-state index in [4.69, 9.17) is 9.15 Å². The molecule has 2 atom stereocenters. The van der Waals surface area contributed by atoms with Crippen molar-refractivity contribution in [3.63, 3.8) is 0 Å². The van der Waals surface area contributed by atoms with Gasteiger partial charge < -0.3 is 29.4 Å². The lowest BCUT2D eigenvalue weighted by Crippen LogP contribution is -2.49. The molecule has 0 aliphatic carbocycles. The van der Waals surface area contributed by atoms with E-state index < -0.39 is 19.2 Å². The van der Waals surface area contributed by atoms with Crippen LogP contribution in [0.4, 0.5) is 4.79 Å². The second-order valence-corrected chi connectivity index (χ2v) is 6.77. The first-order valence-electron chi connectivity index (χ1n) is 9.22. The highest BCUT2D eigenvalue weighted by atomic mass is 16.6. The minimum Gasteiger partial charge on any atom is -0.464 e.